The molecule has 6 nitrogen and oxygen atoms in total. The van der Waals surface area contributed by atoms with Gasteiger partial charge in [-0.1, -0.05) is 11.6 Å². The molecule has 7 heteroatoms. The van der Waals surface area contributed by atoms with Crippen LogP contribution < -0.4 is 0 Å². The summed E-state index contributed by atoms with van der Waals surface area (Å²) < 4.78 is 1.83. The van der Waals surface area contributed by atoms with Crippen LogP contribution in [-0.4, -0.2) is 31.5 Å². The van der Waals surface area contributed by atoms with Gasteiger partial charge in [0.2, 0.25) is 0 Å². The van der Waals surface area contributed by atoms with E-state index in [4.69, 9.17) is 11.6 Å². The monoisotopic (exact) mass is 337 g/mol. The van der Waals surface area contributed by atoms with Crippen LogP contribution in [0, 0.1) is 6.92 Å². The summed E-state index contributed by atoms with van der Waals surface area (Å²) in [6.07, 6.45) is 4.15. The number of carbonyl (C=O) groups excluding carboxylic acids is 1. The number of hydrogen-bond acceptors (Lipinski definition) is 5. The third-order valence-corrected chi connectivity index (χ3v) is 4.12. The molecule has 0 aliphatic carbocycles. The van der Waals surface area contributed by atoms with Gasteiger partial charge in [-0.2, -0.15) is 0 Å². The van der Waals surface area contributed by atoms with Crippen molar-refractivity contribution in [2.75, 3.05) is 0 Å². The van der Waals surface area contributed by atoms with Crippen molar-refractivity contribution in [2.24, 2.45) is 4.99 Å². The number of fused-ring (bicyclic) bond motifs is 3. The number of benzene rings is 1. The minimum absolute atomic E-state index is 0.328. The largest absolute Gasteiger partial charge is 0.296 e. The number of hydrogen-bond donors (Lipinski definition) is 0. The number of aliphatic imine (C=N–C) groups is 1. The lowest BCUT2D eigenvalue weighted by molar-refractivity contribution is 0.111. The van der Waals surface area contributed by atoms with Gasteiger partial charge < -0.3 is 0 Å². The molecule has 0 bridgehead atoms. The first-order valence-electron chi connectivity index (χ1n) is 7.34. The van der Waals surface area contributed by atoms with Gasteiger partial charge in [-0.15, -0.1) is 0 Å². The van der Waals surface area contributed by atoms with E-state index in [1.165, 1.54) is 0 Å². The first kappa shape index (κ1) is 14.7. The zero-order valence-electron chi connectivity index (χ0n) is 12.8. The number of rotatable bonds is 2. The average Bonchev–Trinajstić information content (AvgIpc) is 2.83. The maximum absolute atomic E-state index is 11.6. The Morgan fingerprint density at radius 3 is 2.79 bits per heavy atom. The molecule has 118 valence electrons. The van der Waals surface area contributed by atoms with E-state index in [0.29, 0.717) is 40.3 Å². The predicted molar refractivity (Wildman–Crippen MR) is 90.1 cm³/mol. The number of carbonyl (C=O) groups is 1. The second-order valence-corrected chi connectivity index (χ2v) is 5.79. The smallest absolute Gasteiger partial charge is 0.178 e. The Labute approximate surface area is 142 Å². The summed E-state index contributed by atoms with van der Waals surface area (Å²) in [6, 6.07) is 7.20. The number of imidazole rings is 1. The van der Waals surface area contributed by atoms with Crippen LogP contribution in [0.3, 0.4) is 0 Å². The van der Waals surface area contributed by atoms with Gasteiger partial charge in [-0.05, 0) is 31.2 Å². The molecule has 1 aromatic carbocycles. The van der Waals surface area contributed by atoms with Gasteiger partial charge in [0.1, 0.15) is 17.2 Å². The molecule has 0 saturated carbocycles. The minimum Gasteiger partial charge on any atom is -0.296 e. The molecule has 1 aliphatic heterocycles. The highest BCUT2D eigenvalue weighted by molar-refractivity contribution is 6.31. The molecule has 0 saturated heterocycles. The van der Waals surface area contributed by atoms with Crippen LogP contribution in [0.1, 0.15) is 33.4 Å². The van der Waals surface area contributed by atoms with Crippen molar-refractivity contribution < 1.29 is 4.79 Å². The maximum atomic E-state index is 11.6. The summed E-state index contributed by atoms with van der Waals surface area (Å²) in [5.41, 5.74) is 3.39. The van der Waals surface area contributed by atoms with Gasteiger partial charge in [-0.25, -0.2) is 15.0 Å². The van der Waals surface area contributed by atoms with E-state index >= 15 is 0 Å². The van der Waals surface area contributed by atoms with Crippen molar-refractivity contribution >= 4 is 23.6 Å². The van der Waals surface area contributed by atoms with E-state index in [2.05, 4.69) is 19.9 Å². The standard InChI is InChI=1S/C17H12ClN5O/c1-10-14(9-24)23-13-4-3-11(18)7-12(13)16(21-8-15(23)22-10)17-19-5-2-6-20-17/h2-7,9H,8H2,1H3. The van der Waals surface area contributed by atoms with Crippen molar-refractivity contribution in [1.82, 2.24) is 19.5 Å². The van der Waals surface area contributed by atoms with Gasteiger partial charge in [-0.3, -0.25) is 14.4 Å². The molecule has 0 radical (unpaired) electrons. The van der Waals surface area contributed by atoms with Crippen molar-refractivity contribution in [1.29, 1.82) is 0 Å². The molecule has 0 amide bonds. The fourth-order valence-corrected chi connectivity index (χ4v) is 3.03. The lowest BCUT2D eigenvalue weighted by atomic mass is 10.1. The summed E-state index contributed by atoms with van der Waals surface area (Å²) in [5.74, 6) is 1.21. The molecular weight excluding hydrogens is 326 g/mol. The van der Waals surface area contributed by atoms with Crippen molar-refractivity contribution in [3.8, 4) is 5.69 Å². The second-order valence-electron chi connectivity index (χ2n) is 5.35. The minimum atomic E-state index is 0.328. The molecule has 0 spiro atoms. The van der Waals surface area contributed by atoms with Crippen LogP contribution >= 0.6 is 11.6 Å². The third-order valence-electron chi connectivity index (χ3n) is 3.89. The first-order valence-corrected chi connectivity index (χ1v) is 7.72. The Bertz CT molecular complexity index is 978. The highest BCUT2D eigenvalue weighted by Crippen LogP contribution is 2.28. The molecule has 0 atom stereocenters. The Morgan fingerprint density at radius 1 is 1.25 bits per heavy atom. The Morgan fingerprint density at radius 2 is 2.04 bits per heavy atom. The number of nitrogens with zero attached hydrogens (tertiary/aromatic N) is 5. The second kappa shape index (κ2) is 5.65. The van der Waals surface area contributed by atoms with Crippen LogP contribution in [0.25, 0.3) is 5.69 Å². The maximum Gasteiger partial charge on any atom is 0.178 e. The summed E-state index contributed by atoms with van der Waals surface area (Å²) >= 11 is 6.20. The zero-order chi connectivity index (χ0) is 16.7. The van der Waals surface area contributed by atoms with Crippen molar-refractivity contribution in [2.45, 2.75) is 13.5 Å². The molecule has 2 aromatic heterocycles. The van der Waals surface area contributed by atoms with Crippen LogP contribution in [0.4, 0.5) is 0 Å². The van der Waals surface area contributed by atoms with E-state index in [1.807, 2.05) is 23.6 Å². The average molecular weight is 338 g/mol. The fourth-order valence-electron chi connectivity index (χ4n) is 2.85. The predicted octanol–water partition coefficient (Wildman–Crippen LogP) is 2.79. The zero-order valence-corrected chi connectivity index (χ0v) is 13.5. The summed E-state index contributed by atoms with van der Waals surface area (Å²) in [4.78, 5) is 29.3. The molecule has 3 aromatic rings. The van der Waals surface area contributed by atoms with Crippen molar-refractivity contribution in [3.63, 3.8) is 0 Å². The van der Waals surface area contributed by atoms with Crippen LogP contribution in [0.2, 0.25) is 5.02 Å². The van der Waals surface area contributed by atoms with E-state index in [9.17, 15) is 4.79 Å². The normalized spacial score (nSPS) is 12.8. The van der Waals surface area contributed by atoms with Crippen LogP contribution in [-0.2, 0) is 6.54 Å². The number of aromatic nitrogens is 4. The van der Waals surface area contributed by atoms with Gasteiger partial charge >= 0.3 is 0 Å². The summed E-state index contributed by atoms with van der Waals surface area (Å²) in [7, 11) is 0. The Kier molecular flexibility index (Phi) is 3.46. The topological polar surface area (TPSA) is 73.0 Å². The highest BCUT2D eigenvalue weighted by atomic mass is 35.5. The van der Waals surface area contributed by atoms with Gasteiger partial charge in [0.05, 0.1) is 17.9 Å². The highest BCUT2D eigenvalue weighted by Gasteiger charge is 2.24. The molecule has 3 heterocycles. The number of aryl methyl sites for hydroxylation is 1. The molecule has 0 fully saturated rings. The van der Waals surface area contributed by atoms with Crippen LogP contribution in [0.5, 0.6) is 0 Å². The molecule has 24 heavy (non-hydrogen) atoms. The summed E-state index contributed by atoms with van der Waals surface area (Å²) in [6.45, 7) is 2.14. The number of halogens is 1. The van der Waals surface area contributed by atoms with Gasteiger partial charge in [0, 0.05) is 23.0 Å². The van der Waals surface area contributed by atoms with Gasteiger partial charge in [0.15, 0.2) is 12.1 Å². The summed E-state index contributed by atoms with van der Waals surface area (Å²) in [5, 5.41) is 0.574. The van der Waals surface area contributed by atoms with Gasteiger partial charge in [0.25, 0.3) is 0 Å². The molecular formula is C17H12ClN5O. The first-order chi connectivity index (χ1) is 11.7. The lowest BCUT2D eigenvalue weighted by Gasteiger charge is -2.12. The van der Waals surface area contributed by atoms with E-state index in [-0.39, 0.29) is 0 Å². The Balaban J connectivity index is 2.03. The molecule has 1 aliphatic rings. The molecule has 4 rings (SSSR count). The van der Waals surface area contributed by atoms with Crippen LogP contribution in [0.15, 0.2) is 41.7 Å². The fraction of sp³-hybridized carbons (Fsp3) is 0.118. The quantitative estimate of drug-likeness (QED) is 0.674. The van der Waals surface area contributed by atoms with E-state index in [0.717, 1.165) is 17.5 Å². The SMILES string of the molecule is Cc1nc2n(c1C=O)-c1ccc(Cl)cc1C(c1ncccn1)=NC2. The lowest BCUT2D eigenvalue weighted by Crippen LogP contribution is -2.11. The van der Waals surface area contributed by atoms with E-state index < -0.39 is 0 Å². The Hall–Kier alpha value is -2.86. The van der Waals surface area contributed by atoms with E-state index in [1.54, 1.807) is 24.5 Å². The van der Waals surface area contributed by atoms with Crippen molar-refractivity contribution in [3.05, 3.63) is 70.3 Å². The molecule has 0 N–H and O–H groups in total. The number of aldehydes is 1. The third kappa shape index (κ3) is 2.23. The molecule has 0 unspecified atom stereocenters.